The van der Waals surface area contributed by atoms with Crippen molar-refractivity contribution in [2.45, 2.75) is 24.7 Å². The zero-order valence-electron chi connectivity index (χ0n) is 11.2. The third kappa shape index (κ3) is 2.52. The van der Waals surface area contributed by atoms with E-state index >= 15 is 0 Å². The number of ether oxygens (including phenoxy) is 1. The highest BCUT2D eigenvalue weighted by Crippen LogP contribution is 2.29. The van der Waals surface area contributed by atoms with E-state index in [1.165, 1.54) is 4.90 Å². The summed E-state index contributed by atoms with van der Waals surface area (Å²) in [4.78, 5) is 24.8. The first-order chi connectivity index (χ1) is 10.1. The van der Waals surface area contributed by atoms with Crippen LogP contribution in [0.4, 0.5) is 5.69 Å². The van der Waals surface area contributed by atoms with Gasteiger partial charge in [-0.15, -0.1) is 0 Å². The SMILES string of the molecule is O=C(O)[C@@H]1C[C@H](O)CN1C(=O)C1CNc2ccccc2O1. The number of hydrogen-bond donors (Lipinski definition) is 3. The number of aliphatic carboxylic acids is 1. The first-order valence-electron chi connectivity index (χ1n) is 6.77. The van der Waals surface area contributed by atoms with Crippen LogP contribution in [0.1, 0.15) is 6.42 Å². The largest absolute Gasteiger partial charge is 0.480 e. The fraction of sp³-hybridized carbons (Fsp3) is 0.429. The van der Waals surface area contributed by atoms with E-state index in [2.05, 4.69) is 5.32 Å². The van der Waals surface area contributed by atoms with Gasteiger partial charge in [0.2, 0.25) is 0 Å². The molecule has 2 aliphatic heterocycles. The molecule has 1 unspecified atom stereocenters. The fourth-order valence-corrected chi connectivity index (χ4v) is 2.73. The Bertz CT molecular complexity index is 576. The summed E-state index contributed by atoms with van der Waals surface area (Å²) in [7, 11) is 0. The predicted octanol–water partition coefficient (Wildman–Crippen LogP) is -0.0941. The molecule has 1 amide bonds. The van der Waals surface area contributed by atoms with Crippen molar-refractivity contribution in [3.63, 3.8) is 0 Å². The van der Waals surface area contributed by atoms with Crippen molar-refractivity contribution in [3.05, 3.63) is 24.3 Å². The minimum absolute atomic E-state index is 0.0251. The molecule has 1 saturated heterocycles. The molecule has 0 saturated carbocycles. The summed E-state index contributed by atoms with van der Waals surface area (Å²) in [5.41, 5.74) is 0.804. The van der Waals surface area contributed by atoms with Crippen molar-refractivity contribution in [3.8, 4) is 5.75 Å². The van der Waals surface area contributed by atoms with Crippen molar-refractivity contribution in [2.24, 2.45) is 0 Å². The molecule has 0 bridgehead atoms. The molecular weight excluding hydrogens is 276 g/mol. The van der Waals surface area contributed by atoms with Gasteiger partial charge in [-0.1, -0.05) is 12.1 Å². The van der Waals surface area contributed by atoms with E-state index in [9.17, 15) is 14.7 Å². The number of β-amino-alcohol motifs (C(OH)–C–C–N with tert-alkyl or cyclic N) is 1. The molecule has 3 N–H and O–H groups in total. The number of amides is 1. The van der Waals surface area contributed by atoms with Gasteiger partial charge in [-0.3, -0.25) is 4.79 Å². The number of para-hydroxylation sites is 2. The van der Waals surface area contributed by atoms with E-state index in [0.717, 1.165) is 5.69 Å². The average molecular weight is 292 g/mol. The Hall–Kier alpha value is -2.28. The lowest BCUT2D eigenvalue weighted by Gasteiger charge is -2.31. The third-order valence-electron chi connectivity index (χ3n) is 3.76. The van der Waals surface area contributed by atoms with E-state index in [0.29, 0.717) is 5.75 Å². The second kappa shape index (κ2) is 5.25. The lowest BCUT2D eigenvalue weighted by Crippen LogP contribution is -2.50. The van der Waals surface area contributed by atoms with Crippen LogP contribution in [0.25, 0.3) is 0 Å². The Balaban J connectivity index is 1.76. The number of fused-ring (bicyclic) bond motifs is 1. The molecule has 7 nitrogen and oxygen atoms in total. The predicted molar refractivity (Wildman–Crippen MR) is 73.1 cm³/mol. The first kappa shape index (κ1) is 13.7. The van der Waals surface area contributed by atoms with Crippen LogP contribution in [0.5, 0.6) is 5.75 Å². The summed E-state index contributed by atoms with van der Waals surface area (Å²) < 4.78 is 5.64. The molecule has 3 rings (SSSR count). The number of nitrogens with zero attached hydrogens (tertiary/aromatic N) is 1. The highest BCUT2D eigenvalue weighted by Gasteiger charge is 2.42. The second-order valence-electron chi connectivity index (χ2n) is 5.22. The second-order valence-corrected chi connectivity index (χ2v) is 5.22. The number of hydrogen-bond acceptors (Lipinski definition) is 5. The smallest absolute Gasteiger partial charge is 0.326 e. The van der Waals surface area contributed by atoms with Gasteiger partial charge in [0.25, 0.3) is 5.91 Å². The Labute approximate surface area is 121 Å². The number of aliphatic hydroxyl groups excluding tert-OH is 1. The van der Waals surface area contributed by atoms with Gasteiger partial charge in [0.1, 0.15) is 11.8 Å². The Kier molecular flexibility index (Phi) is 3.42. The monoisotopic (exact) mass is 292 g/mol. The number of aliphatic hydroxyl groups is 1. The van der Waals surface area contributed by atoms with Gasteiger partial charge in [0.15, 0.2) is 6.10 Å². The number of carboxylic acids is 1. The molecule has 1 fully saturated rings. The molecule has 1 aromatic carbocycles. The summed E-state index contributed by atoms with van der Waals surface area (Å²) in [5, 5.41) is 21.8. The molecular formula is C14H16N2O5. The van der Waals surface area contributed by atoms with Crippen LogP contribution in [-0.2, 0) is 9.59 Å². The Morgan fingerprint density at radius 2 is 2.10 bits per heavy atom. The summed E-state index contributed by atoms with van der Waals surface area (Å²) in [6.45, 7) is 0.298. The van der Waals surface area contributed by atoms with Gasteiger partial charge in [0.05, 0.1) is 18.3 Å². The molecule has 7 heteroatoms. The van der Waals surface area contributed by atoms with E-state index in [1.807, 2.05) is 12.1 Å². The highest BCUT2D eigenvalue weighted by molar-refractivity contribution is 5.88. The molecule has 0 aliphatic carbocycles. The van der Waals surface area contributed by atoms with Crippen LogP contribution in [0, 0.1) is 0 Å². The van der Waals surface area contributed by atoms with Gasteiger partial charge in [0, 0.05) is 13.0 Å². The van der Waals surface area contributed by atoms with Crippen molar-refractivity contribution in [1.29, 1.82) is 0 Å². The van der Waals surface area contributed by atoms with Crippen LogP contribution >= 0.6 is 0 Å². The summed E-state index contributed by atoms with van der Waals surface area (Å²) >= 11 is 0. The van der Waals surface area contributed by atoms with E-state index in [-0.39, 0.29) is 19.5 Å². The normalized spacial score (nSPS) is 27.5. The number of carbonyl (C=O) groups excluding carboxylic acids is 1. The molecule has 3 atom stereocenters. The third-order valence-corrected chi connectivity index (χ3v) is 3.76. The minimum Gasteiger partial charge on any atom is -0.480 e. The molecule has 1 aromatic rings. The zero-order chi connectivity index (χ0) is 15.0. The summed E-state index contributed by atoms with van der Waals surface area (Å²) in [5.74, 6) is -0.959. The molecule has 0 spiro atoms. The van der Waals surface area contributed by atoms with Crippen LogP contribution in [0.15, 0.2) is 24.3 Å². The van der Waals surface area contributed by atoms with Crippen LogP contribution < -0.4 is 10.1 Å². The quantitative estimate of drug-likeness (QED) is 0.704. The van der Waals surface area contributed by atoms with E-state index in [4.69, 9.17) is 9.84 Å². The maximum Gasteiger partial charge on any atom is 0.326 e. The number of benzene rings is 1. The molecule has 0 radical (unpaired) electrons. The Morgan fingerprint density at radius 3 is 2.86 bits per heavy atom. The van der Waals surface area contributed by atoms with Gasteiger partial charge >= 0.3 is 5.97 Å². The number of rotatable bonds is 2. The molecule has 112 valence electrons. The Morgan fingerprint density at radius 1 is 1.33 bits per heavy atom. The summed E-state index contributed by atoms with van der Waals surface area (Å²) in [6, 6.07) is 6.25. The number of anilines is 1. The topological polar surface area (TPSA) is 99.1 Å². The van der Waals surface area contributed by atoms with Crippen molar-refractivity contribution < 1.29 is 24.5 Å². The standard InChI is InChI=1S/C14H16N2O5/c17-8-5-10(14(19)20)16(7-8)13(18)12-6-15-9-3-1-2-4-11(9)21-12/h1-4,8,10,12,15,17H,5-7H2,(H,19,20)/t8-,10-,12?/m0/s1. The van der Waals surface area contributed by atoms with Crippen molar-refractivity contribution in [1.82, 2.24) is 4.90 Å². The fourth-order valence-electron chi connectivity index (χ4n) is 2.73. The number of carbonyl (C=O) groups is 2. The van der Waals surface area contributed by atoms with Crippen molar-refractivity contribution in [2.75, 3.05) is 18.4 Å². The van der Waals surface area contributed by atoms with E-state index in [1.54, 1.807) is 12.1 Å². The van der Waals surface area contributed by atoms with Crippen LogP contribution in [0.2, 0.25) is 0 Å². The zero-order valence-corrected chi connectivity index (χ0v) is 11.2. The molecule has 2 aliphatic rings. The lowest BCUT2D eigenvalue weighted by atomic mass is 10.2. The van der Waals surface area contributed by atoms with Crippen LogP contribution in [0.3, 0.4) is 0 Å². The molecule has 0 aromatic heterocycles. The maximum absolute atomic E-state index is 12.5. The van der Waals surface area contributed by atoms with Gasteiger partial charge < -0.3 is 25.2 Å². The highest BCUT2D eigenvalue weighted by atomic mass is 16.5. The minimum atomic E-state index is -1.11. The lowest BCUT2D eigenvalue weighted by molar-refractivity contribution is -0.151. The van der Waals surface area contributed by atoms with E-state index < -0.39 is 30.1 Å². The molecule has 21 heavy (non-hydrogen) atoms. The molecule has 2 heterocycles. The van der Waals surface area contributed by atoms with Gasteiger partial charge in [-0.05, 0) is 12.1 Å². The average Bonchev–Trinajstić information content (AvgIpc) is 2.88. The first-order valence-corrected chi connectivity index (χ1v) is 6.77. The number of likely N-dealkylation sites (tertiary alicyclic amines) is 1. The van der Waals surface area contributed by atoms with Gasteiger partial charge in [-0.2, -0.15) is 0 Å². The number of carboxylic acid groups (broad SMARTS) is 1. The van der Waals surface area contributed by atoms with Gasteiger partial charge in [-0.25, -0.2) is 4.79 Å². The number of nitrogens with one attached hydrogen (secondary N) is 1. The maximum atomic E-state index is 12.5. The van der Waals surface area contributed by atoms with Crippen molar-refractivity contribution >= 4 is 17.6 Å². The van der Waals surface area contributed by atoms with Crippen LogP contribution in [-0.4, -0.2) is 58.3 Å². The summed E-state index contributed by atoms with van der Waals surface area (Å²) in [6.07, 6.45) is -1.54.